The van der Waals surface area contributed by atoms with E-state index in [4.69, 9.17) is 21.9 Å². The Morgan fingerprint density at radius 1 is 1.07 bits per heavy atom. The normalized spacial score (nSPS) is 22.8. The van der Waals surface area contributed by atoms with Gasteiger partial charge >= 0.3 is 0 Å². The summed E-state index contributed by atoms with van der Waals surface area (Å²) >= 11 is 1.19. The highest BCUT2D eigenvalue weighted by Crippen LogP contribution is 2.49. The molecule has 2 unspecified atom stereocenters. The molecule has 0 aliphatic heterocycles. The zero-order valence-electron chi connectivity index (χ0n) is 23.6. The van der Waals surface area contributed by atoms with Crippen molar-refractivity contribution in [1.29, 1.82) is 0 Å². The van der Waals surface area contributed by atoms with E-state index in [1.54, 1.807) is 42.6 Å². The number of carbonyl (C=O) groups is 3. The van der Waals surface area contributed by atoms with Crippen molar-refractivity contribution >= 4 is 44.7 Å². The number of thiophene rings is 1. The number of Topliss-reactive ketones (excluding diaryl/α,β-unsaturated/α-hetero) is 1. The molecule has 220 valence electrons. The molecule has 0 radical (unpaired) electrons. The molecule has 1 fully saturated rings. The monoisotopic (exact) mass is 596 g/mol. The summed E-state index contributed by atoms with van der Waals surface area (Å²) in [7, 11) is 0. The number of aromatic nitrogens is 1. The Hall–Kier alpha value is -4.58. The average Bonchev–Trinajstić information content (AvgIpc) is 3.62. The third-order valence-electron chi connectivity index (χ3n) is 8.29. The highest BCUT2D eigenvalue weighted by Gasteiger charge is 2.49. The number of nitrogens with one attached hydrogen (secondary N) is 2. The number of amides is 2. The van der Waals surface area contributed by atoms with Crippen LogP contribution in [0.2, 0.25) is 0 Å². The number of aryl methyl sites for hydroxylation is 1. The van der Waals surface area contributed by atoms with Gasteiger partial charge in [-0.05, 0) is 73.7 Å². The first-order chi connectivity index (χ1) is 20.6. The molecule has 2 aliphatic carbocycles. The topological polar surface area (TPSA) is 175 Å². The Kier molecular flexibility index (Phi) is 7.25. The van der Waals surface area contributed by atoms with Crippen LogP contribution >= 0.6 is 11.3 Å². The Labute approximate surface area is 252 Å². The average molecular weight is 597 g/mol. The first kappa shape index (κ1) is 28.5. The molecule has 6 rings (SSSR count). The van der Waals surface area contributed by atoms with Gasteiger partial charge in [0.1, 0.15) is 17.0 Å². The summed E-state index contributed by atoms with van der Waals surface area (Å²) in [4.78, 5) is 44.2. The van der Waals surface area contributed by atoms with Crippen molar-refractivity contribution in [3.8, 4) is 11.5 Å². The Morgan fingerprint density at radius 3 is 2.44 bits per heavy atom. The molecule has 0 spiro atoms. The number of anilines is 1. The van der Waals surface area contributed by atoms with Crippen LogP contribution in [0.5, 0.6) is 11.5 Å². The third-order valence-corrected chi connectivity index (χ3v) is 9.55. The molecule has 2 aliphatic rings. The molecule has 1 saturated carbocycles. The second-order valence-corrected chi connectivity index (χ2v) is 12.0. The van der Waals surface area contributed by atoms with E-state index in [2.05, 4.69) is 22.2 Å². The van der Waals surface area contributed by atoms with Crippen molar-refractivity contribution in [3.05, 3.63) is 94.6 Å². The molecule has 43 heavy (non-hydrogen) atoms. The maximum absolute atomic E-state index is 14.1. The molecule has 4 aromatic rings. The highest BCUT2D eigenvalue weighted by molar-refractivity contribution is 7.21. The van der Waals surface area contributed by atoms with E-state index in [9.17, 15) is 14.4 Å². The maximum Gasteiger partial charge on any atom is 0.262 e. The Bertz CT molecular complexity index is 1770. The highest BCUT2D eigenvalue weighted by atomic mass is 32.1. The number of ketones is 1. The summed E-state index contributed by atoms with van der Waals surface area (Å²) < 4.78 is 6.55. The molecule has 0 bridgehead atoms. The number of pyridine rings is 1. The lowest BCUT2D eigenvalue weighted by Gasteiger charge is -2.36. The molecular formula is C32H32N6O4S. The van der Waals surface area contributed by atoms with Crippen LogP contribution in [0.3, 0.4) is 0 Å². The number of nitrogens with zero attached hydrogens (tertiary/aromatic N) is 1. The number of nitrogens with two attached hydrogens (primary N) is 3. The van der Waals surface area contributed by atoms with Gasteiger partial charge in [-0.3, -0.25) is 19.4 Å². The number of rotatable bonds is 7. The fraction of sp³-hybridized carbons (Fsp3) is 0.250. The van der Waals surface area contributed by atoms with Crippen LogP contribution in [-0.4, -0.2) is 34.7 Å². The molecule has 2 aromatic carbocycles. The zero-order valence-corrected chi connectivity index (χ0v) is 24.4. The lowest BCUT2D eigenvalue weighted by molar-refractivity contribution is -0.124. The van der Waals surface area contributed by atoms with Crippen molar-refractivity contribution < 1.29 is 19.1 Å². The fourth-order valence-electron chi connectivity index (χ4n) is 6.07. The molecule has 8 N–H and O–H groups in total. The quantitative estimate of drug-likeness (QED) is 0.158. The number of ether oxygens (including phenoxy) is 1. The van der Waals surface area contributed by atoms with Crippen molar-refractivity contribution in [2.45, 2.75) is 49.9 Å². The van der Waals surface area contributed by atoms with E-state index in [-0.39, 0.29) is 23.9 Å². The minimum Gasteiger partial charge on any atom is -0.456 e. The van der Waals surface area contributed by atoms with Gasteiger partial charge in [-0.25, -0.2) is 0 Å². The first-order valence-electron chi connectivity index (χ1n) is 14.0. The maximum atomic E-state index is 14.1. The molecule has 2 heterocycles. The van der Waals surface area contributed by atoms with E-state index >= 15 is 0 Å². The third kappa shape index (κ3) is 4.85. The molecular weight excluding hydrogens is 564 g/mol. The van der Waals surface area contributed by atoms with Gasteiger partial charge in [-0.2, -0.15) is 0 Å². The lowest BCUT2D eigenvalue weighted by atomic mass is 9.70. The first-order valence-corrected chi connectivity index (χ1v) is 14.8. The second-order valence-electron chi connectivity index (χ2n) is 11.0. The van der Waals surface area contributed by atoms with Crippen molar-refractivity contribution in [3.63, 3.8) is 0 Å². The van der Waals surface area contributed by atoms with E-state index in [0.717, 1.165) is 18.5 Å². The van der Waals surface area contributed by atoms with Crippen LogP contribution in [0.25, 0.3) is 10.1 Å². The molecule has 0 saturated heterocycles. The smallest absolute Gasteiger partial charge is 0.262 e. The van der Waals surface area contributed by atoms with Crippen LogP contribution < -0.4 is 32.6 Å². The van der Waals surface area contributed by atoms with Crippen LogP contribution in [-0.2, 0) is 15.1 Å². The number of hydrogen-bond donors (Lipinski definition) is 5. The number of carbonyl (C=O) groups excluding carboxylic acids is 3. The van der Waals surface area contributed by atoms with Crippen LogP contribution in [0.1, 0.15) is 57.4 Å². The molecule has 2 amide bonds. The Morgan fingerprint density at radius 2 is 1.77 bits per heavy atom. The van der Waals surface area contributed by atoms with Crippen molar-refractivity contribution in [2.75, 3.05) is 5.73 Å². The SMILES string of the molecule is C=CC(=O)N[C@H]1CCC[C@H]1NC(=O)c1sc2c(N)ccc3c2c1C(N)C(=O)C3(N)c1ccc(Oc2ccc(C)nc2)cc1. The van der Waals surface area contributed by atoms with Gasteiger partial charge in [-0.1, -0.05) is 24.8 Å². The summed E-state index contributed by atoms with van der Waals surface area (Å²) in [5.74, 6) is 0.0347. The summed E-state index contributed by atoms with van der Waals surface area (Å²) in [6, 6.07) is 12.4. The van der Waals surface area contributed by atoms with Crippen LogP contribution in [0.4, 0.5) is 5.69 Å². The van der Waals surface area contributed by atoms with E-state index in [1.807, 2.05) is 19.1 Å². The Balaban J connectivity index is 1.36. The van der Waals surface area contributed by atoms with E-state index in [0.29, 0.717) is 55.3 Å². The summed E-state index contributed by atoms with van der Waals surface area (Å²) in [6.07, 6.45) is 5.14. The van der Waals surface area contributed by atoms with Gasteiger partial charge in [0.15, 0.2) is 5.78 Å². The van der Waals surface area contributed by atoms with Gasteiger partial charge in [0.2, 0.25) is 5.91 Å². The number of hydrogen-bond acceptors (Lipinski definition) is 9. The van der Waals surface area contributed by atoms with Crippen LogP contribution in [0.15, 0.2) is 67.4 Å². The van der Waals surface area contributed by atoms with Gasteiger partial charge in [0.05, 0.1) is 21.8 Å². The van der Waals surface area contributed by atoms with E-state index < -0.39 is 17.4 Å². The minimum absolute atomic E-state index is 0.220. The minimum atomic E-state index is -1.58. The standard InChI is InChI=1S/C32H32N6O4S/c1-3-24(39)37-22-5-4-6-23(22)38-31(41)29-26-25-20(13-14-21(33)28(25)43-29)32(35,30(40)27(26)34)17-8-11-18(12-9-17)42-19-10-7-16(2)36-15-19/h3,7-15,22-23,27H,1,4-6,33-35H2,2H3,(H,37,39)(H,38,41)/t22-,23+,27?,32?/m0/s1. The fourth-order valence-corrected chi connectivity index (χ4v) is 7.27. The summed E-state index contributed by atoms with van der Waals surface area (Å²) in [5, 5.41) is 6.57. The van der Waals surface area contributed by atoms with Gasteiger partial charge in [0, 0.05) is 34.4 Å². The molecule has 4 atom stereocenters. The van der Waals surface area contributed by atoms with Gasteiger partial charge in [-0.15, -0.1) is 11.3 Å². The van der Waals surface area contributed by atoms with Crippen molar-refractivity contribution in [1.82, 2.24) is 15.6 Å². The zero-order chi connectivity index (χ0) is 30.5. The van der Waals surface area contributed by atoms with Gasteiger partial charge < -0.3 is 32.6 Å². The summed E-state index contributed by atoms with van der Waals surface area (Å²) in [5.41, 5.74) is 21.2. The number of benzene rings is 2. The number of nitrogen functional groups attached to an aromatic ring is 1. The van der Waals surface area contributed by atoms with Crippen molar-refractivity contribution in [2.24, 2.45) is 11.5 Å². The van der Waals surface area contributed by atoms with E-state index in [1.165, 1.54) is 17.4 Å². The molecule has 2 aromatic heterocycles. The van der Waals surface area contributed by atoms with Crippen LogP contribution in [0, 0.1) is 6.92 Å². The summed E-state index contributed by atoms with van der Waals surface area (Å²) in [6.45, 7) is 5.40. The largest absolute Gasteiger partial charge is 0.456 e. The predicted octanol–water partition coefficient (Wildman–Crippen LogP) is 3.72. The second kappa shape index (κ2) is 10.9. The molecule has 10 nitrogen and oxygen atoms in total. The van der Waals surface area contributed by atoms with Gasteiger partial charge in [0.25, 0.3) is 5.91 Å². The molecule has 11 heteroatoms. The lowest BCUT2D eigenvalue weighted by Crippen LogP contribution is -2.52. The predicted molar refractivity (Wildman–Crippen MR) is 166 cm³/mol.